The second-order valence-electron chi connectivity index (χ2n) is 5.03. The number of carbonyl (C=O) groups is 1. The molecule has 1 heterocycles. The van der Waals surface area contributed by atoms with Crippen molar-refractivity contribution in [3.63, 3.8) is 0 Å². The molecule has 0 aromatic rings. The van der Waals surface area contributed by atoms with E-state index in [2.05, 4.69) is 10.6 Å². The minimum absolute atomic E-state index is 0.190. The summed E-state index contributed by atoms with van der Waals surface area (Å²) in [6.07, 6.45) is 4.07. The van der Waals surface area contributed by atoms with Gasteiger partial charge >= 0.3 is 0 Å². The summed E-state index contributed by atoms with van der Waals surface area (Å²) in [4.78, 5) is 11.9. The molecule has 4 N–H and O–H groups in total. The van der Waals surface area contributed by atoms with Crippen molar-refractivity contribution in [1.82, 2.24) is 10.6 Å². The van der Waals surface area contributed by atoms with Crippen molar-refractivity contribution in [2.75, 3.05) is 24.6 Å². The lowest BCUT2D eigenvalue weighted by Crippen LogP contribution is -2.45. The Balaban J connectivity index is 1.72. The number of carbonyl (C=O) groups excluding carboxylic acids is 1. The Hall–Kier alpha value is -0.260. The fourth-order valence-corrected chi connectivity index (χ4v) is 3.70. The smallest absolute Gasteiger partial charge is 0.221 e. The first-order valence-corrected chi connectivity index (χ1v) is 7.75. The molecule has 2 aliphatic rings. The molecule has 0 spiro atoms. The molecule has 1 aliphatic heterocycles. The van der Waals surface area contributed by atoms with Gasteiger partial charge in [0.2, 0.25) is 5.91 Å². The minimum atomic E-state index is 0.190. The molecule has 3 unspecified atom stereocenters. The monoisotopic (exact) mass is 257 g/mol. The van der Waals surface area contributed by atoms with Crippen LogP contribution in [-0.2, 0) is 4.79 Å². The maximum absolute atomic E-state index is 11.9. The normalized spacial score (nSPS) is 33.6. The number of hydrogen-bond donors (Lipinski definition) is 3. The van der Waals surface area contributed by atoms with Gasteiger partial charge in [0.15, 0.2) is 0 Å². The summed E-state index contributed by atoms with van der Waals surface area (Å²) in [6.45, 7) is 1.72. The summed E-state index contributed by atoms with van der Waals surface area (Å²) in [6, 6.07) is 0.676. The van der Waals surface area contributed by atoms with Crippen molar-refractivity contribution in [3.8, 4) is 0 Å². The SMILES string of the molecule is NCC1CCCC1NC(=O)CC1CSCCN1. The average Bonchev–Trinajstić information content (AvgIpc) is 2.77. The fraction of sp³-hybridized carbons (Fsp3) is 0.917. The largest absolute Gasteiger partial charge is 0.353 e. The molecule has 2 rings (SSSR count). The number of amides is 1. The summed E-state index contributed by atoms with van der Waals surface area (Å²) in [5.41, 5.74) is 5.72. The molecular weight excluding hydrogens is 234 g/mol. The minimum Gasteiger partial charge on any atom is -0.353 e. The summed E-state index contributed by atoms with van der Waals surface area (Å²) in [5, 5.41) is 6.55. The van der Waals surface area contributed by atoms with Crippen molar-refractivity contribution in [2.45, 2.75) is 37.8 Å². The van der Waals surface area contributed by atoms with Gasteiger partial charge in [0, 0.05) is 36.6 Å². The second kappa shape index (κ2) is 6.61. The van der Waals surface area contributed by atoms with Gasteiger partial charge in [-0.15, -0.1) is 0 Å². The molecule has 0 aromatic carbocycles. The summed E-state index contributed by atoms with van der Waals surface area (Å²) in [5.74, 6) is 2.90. The van der Waals surface area contributed by atoms with Crippen LogP contribution in [0.4, 0.5) is 0 Å². The van der Waals surface area contributed by atoms with Crippen LogP contribution in [0.3, 0.4) is 0 Å². The Morgan fingerprint density at radius 2 is 2.35 bits per heavy atom. The molecule has 4 nitrogen and oxygen atoms in total. The zero-order chi connectivity index (χ0) is 12.1. The van der Waals surface area contributed by atoms with Crippen LogP contribution in [0.25, 0.3) is 0 Å². The highest BCUT2D eigenvalue weighted by Crippen LogP contribution is 2.24. The van der Waals surface area contributed by atoms with Gasteiger partial charge in [0.1, 0.15) is 0 Å². The topological polar surface area (TPSA) is 67.1 Å². The third-order valence-electron chi connectivity index (χ3n) is 3.74. The average molecular weight is 257 g/mol. The van der Waals surface area contributed by atoms with Crippen LogP contribution in [0.5, 0.6) is 0 Å². The van der Waals surface area contributed by atoms with E-state index in [0.717, 1.165) is 24.5 Å². The maximum atomic E-state index is 11.9. The highest BCUT2D eigenvalue weighted by atomic mass is 32.2. The van der Waals surface area contributed by atoms with E-state index in [0.29, 0.717) is 31.0 Å². The van der Waals surface area contributed by atoms with Gasteiger partial charge < -0.3 is 16.4 Å². The number of nitrogens with two attached hydrogens (primary N) is 1. The molecule has 17 heavy (non-hydrogen) atoms. The van der Waals surface area contributed by atoms with E-state index in [1.807, 2.05) is 11.8 Å². The zero-order valence-corrected chi connectivity index (χ0v) is 11.1. The molecule has 5 heteroatoms. The van der Waals surface area contributed by atoms with Gasteiger partial charge in [-0.25, -0.2) is 0 Å². The van der Waals surface area contributed by atoms with Crippen molar-refractivity contribution >= 4 is 17.7 Å². The van der Waals surface area contributed by atoms with Gasteiger partial charge in [0.05, 0.1) is 0 Å². The Morgan fingerprint density at radius 3 is 3.06 bits per heavy atom. The van der Waals surface area contributed by atoms with Crippen LogP contribution in [0, 0.1) is 5.92 Å². The predicted molar refractivity (Wildman–Crippen MR) is 72.1 cm³/mol. The lowest BCUT2D eigenvalue weighted by molar-refractivity contribution is -0.122. The van der Waals surface area contributed by atoms with Crippen LogP contribution in [0.15, 0.2) is 0 Å². The standard InChI is InChI=1S/C12H23N3OS/c13-7-9-2-1-3-11(9)15-12(16)6-10-8-17-5-4-14-10/h9-11,14H,1-8,13H2,(H,15,16). The van der Waals surface area contributed by atoms with E-state index in [9.17, 15) is 4.79 Å². The van der Waals surface area contributed by atoms with E-state index in [-0.39, 0.29) is 5.91 Å². The van der Waals surface area contributed by atoms with Crippen LogP contribution < -0.4 is 16.4 Å². The van der Waals surface area contributed by atoms with Crippen molar-refractivity contribution in [1.29, 1.82) is 0 Å². The Bertz CT molecular complexity index is 256. The van der Waals surface area contributed by atoms with Gasteiger partial charge in [-0.2, -0.15) is 11.8 Å². The molecule has 2 fully saturated rings. The quantitative estimate of drug-likeness (QED) is 0.679. The van der Waals surface area contributed by atoms with Crippen LogP contribution in [-0.4, -0.2) is 42.6 Å². The number of nitrogens with one attached hydrogen (secondary N) is 2. The van der Waals surface area contributed by atoms with Gasteiger partial charge in [-0.1, -0.05) is 6.42 Å². The Labute approximate surface area is 107 Å². The van der Waals surface area contributed by atoms with E-state index in [1.54, 1.807) is 0 Å². The van der Waals surface area contributed by atoms with Crippen LogP contribution in [0.2, 0.25) is 0 Å². The first kappa shape index (κ1) is 13.2. The first-order chi connectivity index (χ1) is 8.29. The fourth-order valence-electron chi connectivity index (χ4n) is 2.75. The summed E-state index contributed by atoms with van der Waals surface area (Å²) >= 11 is 1.93. The van der Waals surface area contributed by atoms with E-state index in [1.165, 1.54) is 12.8 Å². The molecule has 0 bridgehead atoms. The molecule has 0 radical (unpaired) electrons. The molecule has 98 valence electrons. The molecule has 1 amide bonds. The van der Waals surface area contributed by atoms with Crippen molar-refractivity contribution < 1.29 is 4.79 Å². The van der Waals surface area contributed by atoms with Crippen LogP contribution in [0.1, 0.15) is 25.7 Å². The first-order valence-electron chi connectivity index (χ1n) is 6.60. The molecule has 1 aliphatic carbocycles. The number of thioether (sulfide) groups is 1. The second-order valence-corrected chi connectivity index (χ2v) is 6.18. The van der Waals surface area contributed by atoms with Gasteiger partial charge in [-0.3, -0.25) is 4.79 Å². The summed E-state index contributed by atoms with van der Waals surface area (Å²) < 4.78 is 0. The molecule has 0 aromatic heterocycles. The van der Waals surface area contributed by atoms with E-state index in [4.69, 9.17) is 5.73 Å². The molecule has 1 saturated heterocycles. The van der Waals surface area contributed by atoms with Crippen LogP contribution >= 0.6 is 11.8 Å². The Morgan fingerprint density at radius 1 is 1.47 bits per heavy atom. The maximum Gasteiger partial charge on any atom is 0.221 e. The molecule has 3 atom stereocenters. The third kappa shape index (κ3) is 3.86. The predicted octanol–water partition coefficient (Wildman–Crippen LogP) is 0.325. The van der Waals surface area contributed by atoms with E-state index < -0.39 is 0 Å². The van der Waals surface area contributed by atoms with Gasteiger partial charge in [0.25, 0.3) is 0 Å². The molecular formula is C12H23N3OS. The van der Waals surface area contributed by atoms with E-state index >= 15 is 0 Å². The van der Waals surface area contributed by atoms with Gasteiger partial charge in [-0.05, 0) is 25.3 Å². The highest BCUT2D eigenvalue weighted by Gasteiger charge is 2.28. The Kier molecular flexibility index (Phi) is 5.13. The molecule has 1 saturated carbocycles. The number of rotatable bonds is 4. The highest BCUT2D eigenvalue weighted by molar-refractivity contribution is 7.99. The summed E-state index contributed by atoms with van der Waals surface area (Å²) in [7, 11) is 0. The number of hydrogen-bond acceptors (Lipinski definition) is 4. The van der Waals surface area contributed by atoms with Crippen molar-refractivity contribution in [2.24, 2.45) is 11.7 Å². The lowest BCUT2D eigenvalue weighted by atomic mass is 10.0. The third-order valence-corrected chi connectivity index (χ3v) is 4.87. The van der Waals surface area contributed by atoms with Crippen molar-refractivity contribution in [3.05, 3.63) is 0 Å². The zero-order valence-electron chi connectivity index (χ0n) is 10.3. The lowest BCUT2D eigenvalue weighted by Gasteiger charge is -2.24.